The number of benzene rings is 2. The van der Waals surface area contributed by atoms with Crippen molar-refractivity contribution in [1.82, 2.24) is 10.2 Å². The highest BCUT2D eigenvalue weighted by atomic mass is 16.5. The Bertz CT molecular complexity index is 958. The second-order valence-electron chi connectivity index (χ2n) is 9.54. The number of ether oxygens (including phenoxy) is 1. The summed E-state index contributed by atoms with van der Waals surface area (Å²) in [5.41, 5.74) is 5.56. The summed E-state index contributed by atoms with van der Waals surface area (Å²) < 4.78 is 6.11. The molecule has 5 rings (SSSR count). The summed E-state index contributed by atoms with van der Waals surface area (Å²) in [5.74, 6) is 0.745. The van der Waals surface area contributed by atoms with Crippen molar-refractivity contribution in [2.75, 3.05) is 26.7 Å². The summed E-state index contributed by atoms with van der Waals surface area (Å²) in [6.45, 7) is 4.32. The molecule has 2 heterocycles. The minimum Gasteiger partial charge on any atom is -0.365 e. The molecule has 2 aliphatic heterocycles. The summed E-state index contributed by atoms with van der Waals surface area (Å²) in [5, 5.41) is 3.70. The van der Waals surface area contributed by atoms with Crippen LogP contribution in [-0.2, 0) is 16.7 Å². The molecule has 32 heavy (non-hydrogen) atoms. The molecule has 3 nitrogen and oxygen atoms in total. The van der Waals surface area contributed by atoms with Gasteiger partial charge < -0.3 is 9.64 Å². The van der Waals surface area contributed by atoms with E-state index in [0.717, 1.165) is 25.4 Å². The number of nitrogens with one attached hydrogen (secondary N) is 1. The molecule has 0 aromatic heterocycles. The number of methoxy groups -OCH3 is 1. The topological polar surface area (TPSA) is 24.5 Å². The van der Waals surface area contributed by atoms with Crippen LogP contribution in [0.4, 0.5) is 0 Å². The summed E-state index contributed by atoms with van der Waals surface area (Å²) in [7, 11) is 1.85. The van der Waals surface area contributed by atoms with E-state index < -0.39 is 0 Å². The Kier molecular flexibility index (Phi) is 6.59. The smallest absolute Gasteiger partial charge is 0.121 e. The molecule has 168 valence electrons. The van der Waals surface area contributed by atoms with Gasteiger partial charge in [-0.05, 0) is 79.9 Å². The maximum Gasteiger partial charge on any atom is 0.121 e. The standard InChI is InChI=1S/C29H36N2O/c1-32-28-29(26-13-6-3-7-14-26,27-15-9-8-12-25(27)22-30-28)18-21-31-19-16-24(17-20-31)23-10-4-2-5-11-23/h3-4,6-15,24,28,30H,2,5,16-22H2,1H3. The minimum absolute atomic E-state index is 0.0325. The van der Waals surface area contributed by atoms with Gasteiger partial charge in [0.1, 0.15) is 6.23 Å². The highest BCUT2D eigenvalue weighted by Gasteiger charge is 2.46. The first-order chi connectivity index (χ1) is 15.8. The normalized spacial score (nSPS) is 26.5. The lowest BCUT2D eigenvalue weighted by atomic mass is 9.67. The second kappa shape index (κ2) is 9.74. The first-order valence-electron chi connectivity index (χ1n) is 12.3. The maximum absolute atomic E-state index is 6.11. The van der Waals surface area contributed by atoms with E-state index in [1.165, 1.54) is 55.5 Å². The molecule has 0 amide bonds. The maximum atomic E-state index is 6.11. The Morgan fingerprint density at radius 3 is 2.53 bits per heavy atom. The van der Waals surface area contributed by atoms with Crippen LogP contribution < -0.4 is 5.32 Å². The molecule has 1 aliphatic carbocycles. The van der Waals surface area contributed by atoms with Crippen LogP contribution in [-0.4, -0.2) is 37.9 Å². The van der Waals surface area contributed by atoms with Gasteiger partial charge >= 0.3 is 0 Å². The molecule has 0 saturated carbocycles. The summed E-state index contributed by atoms with van der Waals surface area (Å²) in [6, 6.07) is 19.9. The van der Waals surface area contributed by atoms with E-state index in [1.807, 2.05) is 7.11 Å². The monoisotopic (exact) mass is 428 g/mol. The molecule has 3 aliphatic rings. The number of piperidine rings is 1. The van der Waals surface area contributed by atoms with Crippen LogP contribution in [0, 0.1) is 5.92 Å². The largest absolute Gasteiger partial charge is 0.365 e. The van der Waals surface area contributed by atoms with Gasteiger partial charge in [-0.15, -0.1) is 0 Å². The fraction of sp³-hybridized carbons (Fsp3) is 0.448. The highest BCUT2D eigenvalue weighted by Crippen LogP contribution is 2.44. The molecule has 3 heteroatoms. The molecule has 1 saturated heterocycles. The number of fused-ring (bicyclic) bond motifs is 1. The zero-order valence-corrected chi connectivity index (χ0v) is 19.3. The lowest BCUT2D eigenvalue weighted by Crippen LogP contribution is -2.55. The van der Waals surface area contributed by atoms with Crippen LogP contribution in [0.1, 0.15) is 48.8 Å². The number of hydrogen-bond acceptors (Lipinski definition) is 3. The average Bonchev–Trinajstić information content (AvgIpc) is 2.88. The zero-order valence-electron chi connectivity index (χ0n) is 19.3. The van der Waals surface area contributed by atoms with Crippen molar-refractivity contribution in [2.24, 2.45) is 5.92 Å². The van der Waals surface area contributed by atoms with Crippen molar-refractivity contribution in [3.8, 4) is 0 Å². The third-order valence-electron chi connectivity index (χ3n) is 7.85. The SMILES string of the molecule is COC1NCc2ccccc2C1(CCN1CCC(C2=CCCC=C2)CC1)c1ccccc1. The molecule has 0 bridgehead atoms. The van der Waals surface area contributed by atoms with Gasteiger partial charge in [0, 0.05) is 13.7 Å². The molecule has 2 aromatic rings. The number of rotatable bonds is 6. The van der Waals surface area contributed by atoms with E-state index >= 15 is 0 Å². The Hall–Kier alpha value is -2.20. The van der Waals surface area contributed by atoms with Crippen molar-refractivity contribution in [3.05, 3.63) is 95.1 Å². The van der Waals surface area contributed by atoms with Crippen molar-refractivity contribution in [3.63, 3.8) is 0 Å². The summed E-state index contributed by atoms with van der Waals surface area (Å²) in [6.07, 6.45) is 13.2. The van der Waals surface area contributed by atoms with Gasteiger partial charge in [-0.2, -0.15) is 0 Å². The van der Waals surface area contributed by atoms with E-state index in [4.69, 9.17) is 4.74 Å². The highest BCUT2D eigenvalue weighted by molar-refractivity contribution is 5.47. The van der Waals surface area contributed by atoms with Gasteiger partial charge in [0.05, 0.1) is 5.41 Å². The molecule has 2 atom stereocenters. The van der Waals surface area contributed by atoms with Crippen molar-refractivity contribution in [1.29, 1.82) is 0 Å². The van der Waals surface area contributed by atoms with Gasteiger partial charge in [0.2, 0.25) is 0 Å². The molecular weight excluding hydrogens is 392 g/mol. The predicted molar refractivity (Wildman–Crippen MR) is 132 cm³/mol. The number of hydrogen-bond donors (Lipinski definition) is 1. The predicted octanol–water partition coefficient (Wildman–Crippen LogP) is 5.43. The quantitative estimate of drug-likeness (QED) is 0.664. The van der Waals surface area contributed by atoms with E-state index in [0.29, 0.717) is 0 Å². The third-order valence-corrected chi connectivity index (χ3v) is 7.85. The van der Waals surface area contributed by atoms with E-state index in [1.54, 1.807) is 5.57 Å². The first-order valence-corrected chi connectivity index (χ1v) is 12.3. The molecule has 2 aromatic carbocycles. The zero-order chi connectivity index (χ0) is 21.8. The van der Waals surface area contributed by atoms with E-state index in [2.05, 4.69) is 83.0 Å². The van der Waals surface area contributed by atoms with E-state index in [9.17, 15) is 0 Å². The van der Waals surface area contributed by atoms with Crippen LogP contribution in [0.15, 0.2) is 78.4 Å². The first kappa shape index (κ1) is 21.6. The number of likely N-dealkylation sites (tertiary alicyclic amines) is 1. The van der Waals surface area contributed by atoms with Gasteiger partial charge in [0.25, 0.3) is 0 Å². The number of allylic oxidation sites excluding steroid dienone is 4. The second-order valence-corrected chi connectivity index (χ2v) is 9.54. The fourth-order valence-corrected chi connectivity index (χ4v) is 6.13. The Morgan fingerprint density at radius 1 is 1.00 bits per heavy atom. The van der Waals surface area contributed by atoms with Crippen molar-refractivity contribution >= 4 is 0 Å². The Balaban J connectivity index is 1.38. The molecule has 1 fully saturated rings. The molecular formula is C29H36N2O. The molecule has 0 radical (unpaired) electrons. The van der Waals surface area contributed by atoms with Crippen LogP contribution in [0.5, 0.6) is 0 Å². The van der Waals surface area contributed by atoms with Crippen LogP contribution in [0.25, 0.3) is 0 Å². The molecule has 2 unspecified atom stereocenters. The van der Waals surface area contributed by atoms with Crippen LogP contribution in [0.3, 0.4) is 0 Å². The minimum atomic E-state index is -0.184. The Labute approximate surface area is 193 Å². The van der Waals surface area contributed by atoms with Gasteiger partial charge in [0.15, 0.2) is 0 Å². The summed E-state index contributed by atoms with van der Waals surface area (Å²) >= 11 is 0. The Morgan fingerprint density at radius 2 is 1.78 bits per heavy atom. The van der Waals surface area contributed by atoms with Crippen LogP contribution in [0.2, 0.25) is 0 Å². The average molecular weight is 429 g/mol. The molecule has 0 spiro atoms. The van der Waals surface area contributed by atoms with E-state index in [-0.39, 0.29) is 11.6 Å². The van der Waals surface area contributed by atoms with Crippen molar-refractivity contribution in [2.45, 2.75) is 50.3 Å². The third kappa shape index (κ3) is 4.10. The van der Waals surface area contributed by atoms with Gasteiger partial charge in [-0.1, -0.05) is 72.8 Å². The number of nitrogens with zero attached hydrogens (tertiary/aromatic N) is 1. The lowest BCUT2D eigenvalue weighted by molar-refractivity contribution is 0.00378. The van der Waals surface area contributed by atoms with Gasteiger partial charge in [-0.25, -0.2) is 0 Å². The molecule has 1 N–H and O–H groups in total. The van der Waals surface area contributed by atoms with Crippen LogP contribution >= 0.6 is 0 Å². The fourth-order valence-electron chi connectivity index (χ4n) is 6.13. The van der Waals surface area contributed by atoms with Gasteiger partial charge in [-0.3, -0.25) is 5.32 Å². The van der Waals surface area contributed by atoms with Crippen molar-refractivity contribution < 1.29 is 4.74 Å². The lowest BCUT2D eigenvalue weighted by Gasteiger charge is -2.47. The summed E-state index contributed by atoms with van der Waals surface area (Å²) in [4.78, 5) is 2.68.